The first-order chi connectivity index (χ1) is 15.6. The molecule has 164 valence electrons. The number of fused-ring (bicyclic) bond motifs is 1. The summed E-state index contributed by atoms with van der Waals surface area (Å²) in [6.07, 6.45) is 3.41. The number of aromatic nitrogens is 5. The number of quaternary nitrogens is 1. The highest BCUT2D eigenvalue weighted by Gasteiger charge is 2.34. The molecule has 0 bridgehead atoms. The number of likely N-dealkylation sites (tertiary alicyclic amines) is 1. The fourth-order valence-electron chi connectivity index (χ4n) is 4.69. The van der Waals surface area contributed by atoms with Crippen LogP contribution in [0, 0.1) is 12.7 Å². The van der Waals surface area contributed by atoms with Crippen LogP contribution in [0.2, 0.25) is 0 Å². The second-order valence-electron chi connectivity index (χ2n) is 8.62. The second-order valence-corrected chi connectivity index (χ2v) is 8.62. The van der Waals surface area contributed by atoms with Crippen LogP contribution in [-0.4, -0.2) is 38.3 Å². The van der Waals surface area contributed by atoms with Crippen molar-refractivity contribution in [3.8, 4) is 0 Å². The van der Waals surface area contributed by atoms with Crippen LogP contribution in [0.25, 0.3) is 10.9 Å². The molecule has 3 heterocycles. The summed E-state index contributed by atoms with van der Waals surface area (Å²) in [5.74, 6) is 0.378. The maximum Gasteiger partial charge on any atom is 0.258 e. The maximum atomic E-state index is 13.3. The molecule has 0 spiro atoms. The topological polar surface area (TPSA) is 80.9 Å². The summed E-state index contributed by atoms with van der Waals surface area (Å²) in [6, 6.07) is 14.1. The van der Waals surface area contributed by atoms with E-state index < -0.39 is 0 Å². The van der Waals surface area contributed by atoms with Crippen LogP contribution in [0.4, 0.5) is 4.39 Å². The average Bonchev–Trinajstić information content (AvgIpc) is 3.24. The van der Waals surface area contributed by atoms with Gasteiger partial charge in [-0.25, -0.2) is 9.07 Å². The molecule has 8 heteroatoms. The molecular formula is C24H26FN6O+. The zero-order valence-electron chi connectivity index (χ0n) is 18.0. The van der Waals surface area contributed by atoms with Gasteiger partial charge >= 0.3 is 0 Å². The Morgan fingerprint density at radius 2 is 1.88 bits per heavy atom. The number of H-pyrrole nitrogens is 1. The Balaban J connectivity index is 1.61. The number of benzene rings is 2. The largest absolute Gasteiger partial charge is 0.322 e. The molecule has 0 saturated carbocycles. The highest BCUT2D eigenvalue weighted by Crippen LogP contribution is 2.21. The fourth-order valence-corrected chi connectivity index (χ4v) is 4.69. The van der Waals surface area contributed by atoms with E-state index in [0.29, 0.717) is 17.9 Å². The zero-order valence-corrected chi connectivity index (χ0v) is 18.0. The molecule has 2 aromatic carbocycles. The first-order valence-electron chi connectivity index (χ1n) is 11.1. The predicted molar refractivity (Wildman–Crippen MR) is 119 cm³/mol. The van der Waals surface area contributed by atoms with Crippen LogP contribution in [0.3, 0.4) is 0 Å². The molecule has 4 aromatic rings. The van der Waals surface area contributed by atoms with Gasteiger partial charge in [0, 0.05) is 5.52 Å². The van der Waals surface area contributed by atoms with Crippen molar-refractivity contribution in [2.45, 2.75) is 38.8 Å². The summed E-state index contributed by atoms with van der Waals surface area (Å²) in [6.45, 7) is 4.37. The van der Waals surface area contributed by atoms with E-state index in [4.69, 9.17) is 0 Å². The van der Waals surface area contributed by atoms with Crippen LogP contribution in [0.1, 0.15) is 47.8 Å². The van der Waals surface area contributed by atoms with Crippen molar-refractivity contribution in [2.24, 2.45) is 0 Å². The van der Waals surface area contributed by atoms with E-state index in [1.807, 2.05) is 25.1 Å². The van der Waals surface area contributed by atoms with Gasteiger partial charge in [0.1, 0.15) is 5.82 Å². The number of nitrogens with one attached hydrogen (secondary N) is 2. The molecule has 2 N–H and O–H groups in total. The van der Waals surface area contributed by atoms with E-state index in [2.05, 4.69) is 26.6 Å². The van der Waals surface area contributed by atoms with E-state index in [-0.39, 0.29) is 17.4 Å². The van der Waals surface area contributed by atoms with Gasteiger partial charge in [-0.2, -0.15) is 0 Å². The molecule has 1 aliphatic heterocycles. The lowest BCUT2D eigenvalue weighted by Crippen LogP contribution is -3.13. The van der Waals surface area contributed by atoms with Crippen LogP contribution in [0.15, 0.2) is 53.3 Å². The lowest BCUT2D eigenvalue weighted by Gasteiger charge is -2.30. The molecule has 0 amide bonds. The van der Waals surface area contributed by atoms with Gasteiger partial charge in [0.15, 0.2) is 6.04 Å². The van der Waals surface area contributed by atoms with Crippen molar-refractivity contribution in [2.75, 3.05) is 13.1 Å². The van der Waals surface area contributed by atoms with Crippen LogP contribution in [-0.2, 0) is 6.54 Å². The van der Waals surface area contributed by atoms with Crippen molar-refractivity contribution < 1.29 is 9.29 Å². The molecule has 5 rings (SSSR count). The highest BCUT2D eigenvalue weighted by molar-refractivity contribution is 5.79. The number of aryl methyl sites for hydroxylation is 1. The van der Waals surface area contributed by atoms with Crippen molar-refractivity contribution in [1.29, 1.82) is 0 Å². The molecule has 2 aromatic heterocycles. The van der Waals surface area contributed by atoms with Gasteiger partial charge in [0.25, 0.3) is 5.56 Å². The molecular weight excluding hydrogens is 407 g/mol. The molecule has 1 atom stereocenters. The number of tetrazole rings is 1. The van der Waals surface area contributed by atoms with Gasteiger partial charge in [0.05, 0.1) is 25.2 Å². The minimum absolute atomic E-state index is 0.110. The van der Waals surface area contributed by atoms with Gasteiger partial charge in [0.2, 0.25) is 5.82 Å². The monoisotopic (exact) mass is 433 g/mol. The fraction of sp³-hybridized carbons (Fsp3) is 0.333. The first-order valence-corrected chi connectivity index (χ1v) is 11.1. The Morgan fingerprint density at radius 3 is 2.66 bits per heavy atom. The SMILES string of the molecule is Cc1ccc2[nH]c(=O)c([C@H](c3nnnn3Cc3ccc(F)cc3)[NH+]3CCCCC3)cc2c1. The summed E-state index contributed by atoms with van der Waals surface area (Å²) < 4.78 is 15.1. The normalized spacial score (nSPS) is 15.8. The summed E-state index contributed by atoms with van der Waals surface area (Å²) in [5, 5.41) is 13.5. The number of hydrogen-bond acceptors (Lipinski definition) is 4. The highest BCUT2D eigenvalue weighted by atomic mass is 19.1. The third kappa shape index (κ3) is 4.05. The summed E-state index contributed by atoms with van der Waals surface area (Å²) in [7, 11) is 0. The summed E-state index contributed by atoms with van der Waals surface area (Å²) >= 11 is 0. The molecule has 0 radical (unpaired) electrons. The summed E-state index contributed by atoms with van der Waals surface area (Å²) in [4.78, 5) is 17.6. The first kappa shape index (κ1) is 20.5. The van der Waals surface area contributed by atoms with Gasteiger partial charge in [-0.05, 0) is 77.9 Å². The molecule has 32 heavy (non-hydrogen) atoms. The molecule has 0 aliphatic carbocycles. The molecule has 1 fully saturated rings. The third-order valence-electron chi connectivity index (χ3n) is 6.31. The van der Waals surface area contributed by atoms with Crippen molar-refractivity contribution >= 4 is 10.9 Å². The zero-order chi connectivity index (χ0) is 22.1. The minimum Gasteiger partial charge on any atom is -0.322 e. The van der Waals surface area contributed by atoms with Crippen molar-refractivity contribution in [3.63, 3.8) is 0 Å². The van der Waals surface area contributed by atoms with Crippen molar-refractivity contribution in [3.05, 3.63) is 87.2 Å². The van der Waals surface area contributed by atoms with E-state index in [1.54, 1.807) is 16.8 Å². The lowest BCUT2D eigenvalue weighted by atomic mass is 10.00. The Morgan fingerprint density at radius 1 is 1.09 bits per heavy atom. The Kier molecular flexibility index (Phi) is 5.53. The van der Waals surface area contributed by atoms with Gasteiger partial charge in [-0.3, -0.25) is 4.79 Å². The minimum atomic E-state index is -0.278. The number of hydrogen-bond donors (Lipinski definition) is 2. The smallest absolute Gasteiger partial charge is 0.258 e. The maximum absolute atomic E-state index is 13.3. The van der Waals surface area contributed by atoms with E-state index in [1.165, 1.54) is 23.5 Å². The Bertz CT molecular complexity index is 1290. The van der Waals surface area contributed by atoms with Gasteiger partial charge < -0.3 is 9.88 Å². The number of aromatic amines is 1. The molecule has 1 aliphatic rings. The van der Waals surface area contributed by atoms with Gasteiger partial charge in [-0.1, -0.05) is 23.8 Å². The van der Waals surface area contributed by atoms with Crippen molar-refractivity contribution in [1.82, 2.24) is 25.2 Å². The van der Waals surface area contributed by atoms with E-state index in [9.17, 15) is 9.18 Å². The van der Waals surface area contributed by atoms with Crippen LogP contribution in [0.5, 0.6) is 0 Å². The number of piperidine rings is 1. The quantitative estimate of drug-likeness (QED) is 0.506. The third-order valence-corrected chi connectivity index (χ3v) is 6.31. The number of halogens is 1. The molecule has 1 saturated heterocycles. The van der Waals surface area contributed by atoms with Crippen LogP contribution < -0.4 is 10.5 Å². The molecule has 7 nitrogen and oxygen atoms in total. The Labute approximate surface area is 184 Å². The van der Waals surface area contributed by atoms with Gasteiger partial charge in [-0.15, -0.1) is 5.10 Å². The molecule has 0 unspecified atom stereocenters. The van der Waals surface area contributed by atoms with Crippen LogP contribution >= 0.6 is 0 Å². The number of rotatable bonds is 5. The average molecular weight is 434 g/mol. The summed E-state index contributed by atoms with van der Waals surface area (Å²) in [5.41, 5.74) is 3.42. The van der Waals surface area contributed by atoms with E-state index >= 15 is 0 Å². The Hall–Kier alpha value is -3.39. The lowest BCUT2D eigenvalue weighted by molar-refractivity contribution is -0.931. The second kappa shape index (κ2) is 8.63. The number of nitrogens with zero attached hydrogens (tertiary/aromatic N) is 4. The van der Waals surface area contributed by atoms with E-state index in [0.717, 1.165) is 48.0 Å². The standard InChI is InChI=1S/C24H25FN6O/c1-16-5-10-21-18(13-16)14-20(24(32)26-21)22(30-11-3-2-4-12-30)23-27-28-29-31(23)15-17-6-8-19(25)9-7-17/h5-10,13-14,22H,2-4,11-12,15H2,1H3,(H,26,32)/p+1/t22-/m1/s1. The number of pyridine rings is 1. The predicted octanol–water partition coefficient (Wildman–Crippen LogP) is 2.17.